The number of nitrogens with one attached hydrogen (secondary N) is 2. The first-order valence-corrected chi connectivity index (χ1v) is 14.4. The number of amides is 2. The van der Waals surface area contributed by atoms with Gasteiger partial charge in [0.15, 0.2) is 5.82 Å². The van der Waals surface area contributed by atoms with Gasteiger partial charge in [-0.3, -0.25) is 9.59 Å². The number of benzene rings is 1. The van der Waals surface area contributed by atoms with Gasteiger partial charge in [-0.05, 0) is 62.9 Å². The number of carbonyl (C=O) groups excluding carboxylic acids is 2. The van der Waals surface area contributed by atoms with Gasteiger partial charge in [0, 0.05) is 31.2 Å². The molecule has 2 atom stereocenters. The third kappa shape index (κ3) is 5.05. The van der Waals surface area contributed by atoms with Crippen molar-refractivity contribution in [2.45, 2.75) is 56.3 Å². The SMILES string of the molecule is C#CC1(F)CN(C2CCCC2)c2nc(Nc3ccc(C(=O)NC4CN5CCC4CC5)cc3OC)ncc2N(C)C1=O. The molecule has 2 bridgehead atoms. The molecule has 2 amide bonds. The number of hydrogen-bond acceptors (Lipinski definition) is 8. The van der Waals surface area contributed by atoms with Gasteiger partial charge in [0.2, 0.25) is 5.95 Å². The van der Waals surface area contributed by atoms with Gasteiger partial charge >= 0.3 is 0 Å². The minimum Gasteiger partial charge on any atom is -0.495 e. The molecular weight excluding hydrogens is 525 g/mol. The minimum atomic E-state index is -2.47. The van der Waals surface area contributed by atoms with E-state index >= 15 is 4.39 Å². The monoisotopic (exact) mass is 561 g/mol. The Kier molecular flexibility index (Phi) is 7.20. The van der Waals surface area contributed by atoms with E-state index in [4.69, 9.17) is 16.1 Å². The molecule has 4 aliphatic heterocycles. The number of aromatic nitrogens is 2. The number of rotatable bonds is 6. The number of fused-ring (bicyclic) bond motifs is 4. The summed E-state index contributed by atoms with van der Waals surface area (Å²) in [5, 5.41) is 6.40. The van der Waals surface area contributed by atoms with Crippen molar-refractivity contribution in [2.75, 3.05) is 55.5 Å². The van der Waals surface area contributed by atoms with Crippen LogP contribution in [0, 0.1) is 18.3 Å². The van der Waals surface area contributed by atoms with Crippen molar-refractivity contribution >= 4 is 35.0 Å². The van der Waals surface area contributed by atoms with E-state index in [0.717, 1.165) is 58.2 Å². The van der Waals surface area contributed by atoms with E-state index < -0.39 is 11.6 Å². The maximum Gasteiger partial charge on any atom is 0.279 e. The van der Waals surface area contributed by atoms with Crippen LogP contribution in [0.25, 0.3) is 0 Å². The van der Waals surface area contributed by atoms with E-state index in [1.54, 1.807) is 18.2 Å². The molecule has 2 aromatic rings. The maximum absolute atomic E-state index is 15.7. The summed E-state index contributed by atoms with van der Waals surface area (Å²) >= 11 is 0. The molecular formula is C30H36FN7O3. The fourth-order valence-corrected chi connectivity index (χ4v) is 6.69. The quantitative estimate of drug-likeness (QED) is 0.519. The van der Waals surface area contributed by atoms with Crippen LogP contribution in [-0.4, -0.2) is 84.8 Å². The van der Waals surface area contributed by atoms with Crippen molar-refractivity contribution < 1.29 is 18.7 Å². The number of halogens is 1. The molecule has 7 rings (SSSR count). The summed E-state index contributed by atoms with van der Waals surface area (Å²) in [7, 11) is 3.03. The zero-order chi connectivity index (χ0) is 28.7. The van der Waals surface area contributed by atoms with Gasteiger partial charge in [-0.2, -0.15) is 4.98 Å². The van der Waals surface area contributed by atoms with Crippen LogP contribution in [0.15, 0.2) is 24.4 Å². The molecule has 5 heterocycles. The van der Waals surface area contributed by atoms with Gasteiger partial charge < -0.3 is 30.1 Å². The third-order valence-corrected chi connectivity index (χ3v) is 9.09. The summed E-state index contributed by atoms with van der Waals surface area (Å²) in [5.74, 6) is 2.85. The normalized spacial score (nSPS) is 27.7. The summed E-state index contributed by atoms with van der Waals surface area (Å²) in [6, 6.07) is 5.38. The topological polar surface area (TPSA) is 103 Å². The standard InChI is InChI=1S/C30H36FN7O3/c1-4-30(31)18-38(21-7-5-6-8-21)26-24(36(2)28(30)40)16-32-29(35-26)34-22-10-9-20(15-25(22)41-3)27(39)33-23-17-37-13-11-19(23)12-14-37/h1,9-10,15-16,19,21,23H,5-8,11-14,17-18H2,2-3H3,(H,33,39)(H,32,34,35). The van der Waals surface area contributed by atoms with E-state index in [2.05, 4.69) is 26.4 Å². The fraction of sp³-hybridized carbons (Fsp3) is 0.533. The first-order chi connectivity index (χ1) is 19.8. The maximum atomic E-state index is 15.7. The average Bonchev–Trinajstić information content (AvgIpc) is 3.52. The number of alkyl halides is 1. The van der Waals surface area contributed by atoms with Crippen LogP contribution in [0.2, 0.25) is 0 Å². The summed E-state index contributed by atoms with van der Waals surface area (Å²) in [4.78, 5) is 40.7. The number of hydrogen-bond donors (Lipinski definition) is 2. The molecule has 3 saturated heterocycles. The fourth-order valence-electron chi connectivity index (χ4n) is 6.69. The van der Waals surface area contributed by atoms with Crippen molar-refractivity contribution in [1.29, 1.82) is 0 Å². The van der Waals surface area contributed by atoms with E-state index in [0.29, 0.717) is 34.4 Å². The van der Waals surface area contributed by atoms with Gasteiger partial charge in [-0.1, -0.05) is 18.8 Å². The number of nitrogens with zero attached hydrogens (tertiary/aromatic N) is 5. The van der Waals surface area contributed by atoms with Gasteiger partial charge in [-0.25, -0.2) is 9.37 Å². The van der Waals surface area contributed by atoms with Crippen LogP contribution >= 0.6 is 0 Å². The highest BCUT2D eigenvalue weighted by Gasteiger charge is 2.47. The molecule has 10 nitrogen and oxygen atoms in total. The van der Waals surface area contributed by atoms with E-state index in [1.165, 1.54) is 25.3 Å². The smallest absolute Gasteiger partial charge is 0.279 e. The summed E-state index contributed by atoms with van der Waals surface area (Å²) in [6.07, 6.45) is 13.0. The largest absolute Gasteiger partial charge is 0.495 e. The lowest BCUT2D eigenvalue weighted by Gasteiger charge is -2.44. The Balaban J connectivity index is 1.25. The van der Waals surface area contributed by atoms with Crippen LogP contribution in [0.3, 0.4) is 0 Å². The van der Waals surface area contributed by atoms with Crippen molar-refractivity contribution in [3.05, 3.63) is 30.0 Å². The van der Waals surface area contributed by atoms with Crippen LogP contribution in [0.4, 0.5) is 27.5 Å². The highest BCUT2D eigenvalue weighted by atomic mass is 19.1. The molecule has 0 radical (unpaired) electrons. The molecule has 1 aromatic heterocycles. The van der Waals surface area contributed by atoms with Crippen molar-refractivity contribution in [1.82, 2.24) is 20.2 Å². The van der Waals surface area contributed by atoms with Crippen LogP contribution in [-0.2, 0) is 4.79 Å². The molecule has 1 aliphatic carbocycles. The Morgan fingerprint density at radius 3 is 2.63 bits per heavy atom. The van der Waals surface area contributed by atoms with Crippen LogP contribution < -0.4 is 25.2 Å². The number of terminal acetylenes is 1. The zero-order valence-corrected chi connectivity index (χ0v) is 23.5. The van der Waals surface area contributed by atoms with Crippen molar-refractivity contribution in [3.63, 3.8) is 0 Å². The Bertz CT molecular complexity index is 1380. The number of anilines is 4. The second kappa shape index (κ2) is 10.8. The predicted molar refractivity (Wildman–Crippen MR) is 154 cm³/mol. The van der Waals surface area contributed by atoms with E-state index in [9.17, 15) is 9.59 Å². The van der Waals surface area contributed by atoms with Crippen molar-refractivity contribution in [3.8, 4) is 18.1 Å². The lowest BCUT2D eigenvalue weighted by molar-refractivity contribution is -0.125. The lowest BCUT2D eigenvalue weighted by Crippen LogP contribution is -2.57. The highest BCUT2D eigenvalue weighted by molar-refractivity contribution is 6.05. The third-order valence-electron chi connectivity index (χ3n) is 9.09. The number of methoxy groups -OCH3 is 1. The molecule has 1 aromatic carbocycles. The summed E-state index contributed by atoms with van der Waals surface area (Å²) in [5.41, 5.74) is -0.998. The van der Waals surface area contributed by atoms with E-state index in [1.807, 2.05) is 4.90 Å². The molecule has 2 unspecified atom stereocenters. The Morgan fingerprint density at radius 1 is 1.22 bits per heavy atom. The highest BCUT2D eigenvalue weighted by Crippen LogP contribution is 2.39. The molecule has 11 heteroatoms. The second-order valence-corrected chi connectivity index (χ2v) is 11.5. The van der Waals surface area contributed by atoms with Gasteiger partial charge in [-0.15, -0.1) is 6.42 Å². The zero-order valence-electron chi connectivity index (χ0n) is 23.5. The average molecular weight is 562 g/mol. The summed E-state index contributed by atoms with van der Waals surface area (Å²) < 4.78 is 21.3. The second-order valence-electron chi connectivity index (χ2n) is 11.5. The van der Waals surface area contributed by atoms with Gasteiger partial charge in [0.1, 0.15) is 11.4 Å². The Labute approximate surface area is 239 Å². The number of ether oxygens (including phenoxy) is 1. The van der Waals surface area contributed by atoms with E-state index in [-0.39, 0.29) is 30.5 Å². The van der Waals surface area contributed by atoms with Crippen molar-refractivity contribution in [2.24, 2.45) is 5.92 Å². The molecule has 4 fully saturated rings. The first kappa shape index (κ1) is 27.3. The Morgan fingerprint density at radius 2 is 1.98 bits per heavy atom. The molecule has 0 spiro atoms. The van der Waals surface area contributed by atoms with Crippen LogP contribution in [0.1, 0.15) is 48.9 Å². The molecule has 216 valence electrons. The van der Waals surface area contributed by atoms with Crippen LogP contribution in [0.5, 0.6) is 5.75 Å². The molecule has 2 N–H and O–H groups in total. The molecule has 5 aliphatic rings. The molecule has 41 heavy (non-hydrogen) atoms. The first-order valence-electron chi connectivity index (χ1n) is 14.4. The summed E-state index contributed by atoms with van der Waals surface area (Å²) in [6.45, 7) is 2.85. The number of piperidine rings is 3. The molecule has 1 saturated carbocycles. The lowest BCUT2D eigenvalue weighted by atomic mass is 9.84. The Hall–Kier alpha value is -3.91. The minimum absolute atomic E-state index is 0.0165. The van der Waals surface area contributed by atoms with Gasteiger partial charge in [0.25, 0.3) is 17.5 Å². The predicted octanol–water partition coefficient (Wildman–Crippen LogP) is 3.12. The van der Waals surface area contributed by atoms with Gasteiger partial charge in [0.05, 0.1) is 25.5 Å². The number of carbonyl (C=O) groups is 2.